The van der Waals surface area contributed by atoms with Gasteiger partial charge in [-0.15, -0.1) is 0 Å². The van der Waals surface area contributed by atoms with Crippen LogP contribution in [0, 0.1) is 0 Å². The van der Waals surface area contributed by atoms with Crippen molar-refractivity contribution >= 4 is 10.9 Å². The van der Waals surface area contributed by atoms with E-state index < -0.39 is 0 Å². The summed E-state index contributed by atoms with van der Waals surface area (Å²) < 4.78 is 0. The molecule has 1 saturated heterocycles. The molecule has 122 valence electrons. The minimum Gasteiger partial charge on any atom is -0.505 e. The van der Waals surface area contributed by atoms with Gasteiger partial charge < -0.3 is 5.11 Å². The summed E-state index contributed by atoms with van der Waals surface area (Å²) in [6.07, 6.45) is 9.06. The molecule has 3 heterocycles. The number of phenolic OH excluding ortho intramolecular Hbond substituents is 1. The maximum absolute atomic E-state index is 10.9. The lowest BCUT2D eigenvalue weighted by molar-refractivity contribution is 0.185. The Kier molecular flexibility index (Phi) is 4.13. The van der Waals surface area contributed by atoms with E-state index in [4.69, 9.17) is 0 Å². The van der Waals surface area contributed by atoms with E-state index in [1.165, 1.54) is 19.3 Å². The number of aromatic nitrogens is 2. The fourth-order valence-corrected chi connectivity index (χ4v) is 3.68. The van der Waals surface area contributed by atoms with Crippen LogP contribution in [0.25, 0.3) is 10.9 Å². The van der Waals surface area contributed by atoms with Crippen molar-refractivity contribution in [3.63, 3.8) is 0 Å². The molecule has 1 aliphatic heterocycles. The van der Waals surface area contributed by atoms with Crippen LogP contribution in [0.5, 0.6) is 5.75 Å². The van der Waals surface area contributed by atoms with Crippen molar-refractivity contribution in [3.05, 3.63) is 66.1 Å². The van der Waals surface area contributed by atoms with Crippen LogP contribution in [0.4, 0.5) is 0 Å². The highest BCUT2D eigenvalue weighted by Gasteiger charge is 2.27. The third kappa shape index (κ3) is 2.74. The second-order valence-electron chi connectivity index (χ2n) is 6.36. The highest BCUT2D eigenvalue weighted by Crippen LogP contribution is 2.38. The van der Waals surface area contributed by atoms with E-state index in [9.17, 15) is 5.11 Å². The summed E-state index contributed by atoms with van der Waals surface area (Å²) in [5, 5.41) is 11.9. The SMILES string of the molecule is Oc1c(C(c2ccncc2)N2CCCCC2)ccc2cccnc12. The maximum atomic E-state index is 10.9. The molecular weight excluding hydrogens is 298 g/mol. The van der Waals surface area contributed by atoms with E-state index in [-0.39, 0.29) is 6.04 Å². The summed E-state index contributed by atoms with van der Waals surface area (Å²) in [6.45, 7) is 2.10. The predicted molar refractivity (Wildman–Crippen MR) is 94.9 cm³/mol. The summed E-state index contributed by atoms with van der Waals surface area (Å²) >= 11 is 0. The molecule has 1 atom stereocenters. The minimum absolute atomic E-state index is 0.0414. The zero-order chi connectivity index (χ0) is 16.4. The Labute approximate surface area is 141 Å². The molecule has 1 unspecified atom stereocenters. The molecule has 0 aliphatic carbocycles. The number of hydrogen-bond acceptors (Lipinski definition) is 4. The molecule has 1 fully saturated rings. The van der Waals surface area contributed by atoms with E-state index in [0.717, 1.165) is 29.6 Å². The van der Waals surface area contributed by atoms with Gasteiger partial charge in [-0.05, 0) is 49.7 Å². The van der Waals surface area contributed by atoms with Gasteiger partial charge in [0.25, 0.3) is 0 Å². The average molecular weight is 319 g/mol. The molecule has 0 saturated carbocycles. The van der Waals surface area contributed by atoms with Gasteiger partial charge in [0.2, 0.25) is 0 Å². The zero-order valence-corrected chi connectivity index (χ0v) is 13.6. The average Bonchev–Trinajstić information content (AvgIpc) is 2.66. The first-order valence-electron chi connectivity index (χ1n) is 8.55. The van der Waals surface area contributed by atoms with Crippen LogP contribution in [-0.4, -0.2) is 33.1 Å². The predicted octanol–water partition coefficient (Wildman–Crippen LogP) is 3.91. The van der Waals surface area contributed by atoms with Crippen LogP contribution >= 0.6 is 0 Å². The molecule has 0 radical (unpaired) electrons. The van der Waals surface area contributed by atoms with Gasteiger partial charge in [0.1, 0.15) is 11.3 Å². The minimum atomic E-state index is 0.0414. The van der Waals surface area contributed by atoms with Crippen LogP contribution in [0.2, 0.25) is 0 Å². The van der Waals surface area contributed by atoms with Crippen molar-refractivity contribution in [3.8, 4) is 5.75 Å². The van der Waals surface area contributed by atoms with E-state index in [1.54, 1.807) is 6.20 Å². The lowest BCUT2D eigenvalue weighted by atomic mass is 9.94. The summed E-state index contributed by atoms with van der Waals surface area (Å²) in [5.41, 5.74) is 2.76. The summed E-state index contributed by atoms with van der Waals surface area (Å²) in [6, 6.07) is 12.1. The quantitative estimate of drug-likeness (QED) is 0.795. The number of phenols is 1. The fraction of sp³-hybridized carbons (Fsp3) is 0.300. The number of fused-ring (bicyclic) bond motifs is 1. The van der Waals surface area contributed by atoms with Crippen molar-refractivity contribution in [2.75, 3.05) is 13.1 Å². The summed E-state index contributed by atoms with van der Waals surface area (Å²) in [4.78, 5) is 11.0. The molecule has 3 aromatic rings. The van der Waals surface area contributed by atoms with Gasteiger partial charge in [-0.1, -0.05) is 24.6 Å². The third-order valence-corrected chi connectivity index (χ3v) is 4.85. The van der Waals surface area contributed by atoms with Crippen molar-refractivity contribution in [2.24, 2.45) is 0 Å². The Balaban J connectivity index is 1.85. The van der Waals surface area contributed by atoms with Gasteiger partial charge in [0, 0.05) is 29.5 Å². The largest absolute Gasteiger partial charge is 0.505 e. The first kappa shape index (κ1) is 15.1. The first-order chi connectivity index (χ1) is 11.8. The van der Waals surface area contributed by atoms with E-state index in [0.29, 0.717) is 11.3 Å². The molecule has 0 spiro atoms. The van der Waals surface area contributed by atoms with Crippen molar-refractivity contribution in [1.29, 1.82) is 0 Å². The van der Waals surface area contributed by atoms with Crippen LogP contribution in [-0.2, 0) is 0 Å². The smallest absolute Gasteiger partial charge is 0.146 e. The standard InChI is InChI=1S/C20H21N3O/c24-20-17(7-6-15-5-4-10-22-18(15)20)19(16-8-11-21-12-9-16)23-13-2-1-3-14-23/h4-12,19,24H,1-3,13-14H2. The molecule has 4 nitrogen and oxygen atoms in total. The van der Waals surface area contributed by atoms with E-state index in [1.807, 2.05) is 42.7 Å². The number of aromatic hydroxyl groups is 1. The van der Waals surface area contributed by atoms with Crippen molar-refractivity contribution < 1.29 is 5.11 Å². The lowest BCUT2D eigenvalue weighted by Gasteiger charge is -2.35. The lowest BCUT2D eigenvalue weighted by Crippen LogP contribution is -2.34. The molecule has 4 heteroatoms. The third-order valence-electron chi connectivity index (χ3n) is 4.85. The Bertz CT molecular complexity index is 829. The van der Waals surface area contributed by atoms with Gasteiger partial charge in [-0.25, -0.2) is 0 Å². The highest BCUT2D eigenvalue weighted by atomic mass is 16.3. The molecule has 1 aromatic carbocycles. The summed E-state index contributed by atoms with van der Waals surface area (Å²) in [5.74, 6) is 0.292. The molecule has 0 amide bonds. The van der Waals surface area contributed by atoms with Gasteiger partial charge in [-0.3, -0.25) is 14.9 Å². The normalized spacial score (nSPS) is 17.0. The highest BCUT2D eigenvalue weighted by molar-refractivity contribution is 5.85. The Morgan fingerprint density at radius 3 is 2.50 bits per heavy atom. The number of piperidine rings is 1. The molecular formula is C20H21N3O. The van der Waals surface area contributed by atoms with Crippen LogP contribution in [0.15, 0.2) is 55.0 Å². The number of nitrogens with zero attached hydrogens (tertiary/aromatic N) is 3. The number of likely N-dealkylation sites (tertiary alicyclic amines) is 1. The molecule has 24 heavy (non-hydrogen) atoms. The summed E-state index contributed by atoms with van der Waals surface area (Å²) in [7, 11) is 0. The second-order valence-corrected chi connectivity index (χ2v) is 6.36. The molecule has 4 rings (SSSR count). The first-order valence-corrected chi connectivity index (χ1v) is 8.55. The fourth-order valence-electron chi connectivity index (χ4n) is 3.68. The van der Waals surface area contributed by atoms with E-state index >= 15 is 0 Å². The monoisotopic (exact) mass is 319 g/mol. The Morgan fingerprint density at radius 2 is 1.71 bits per heavy atom. The maximum Gasteiger partial charge on any atom is 0.146 e. The van der Waals surface area contributed by atoms with Crippen molar-refractivity contribution in [2.45, 2.75) is 25.3 Å². The van der Waals surface area contributed by atoms with Gasteiger partial charge >= 0.3 is 0 Å². The van der Waals surface area contributed by atoms with Crippen LogP contribution < -0.4 is 0 Å². The number of rotatable bonds is 3. The van der Waals surface area contributed by atoms with Crippen LogP contribution in [0.3, 0.4) is 0 Å². The second kappa shape index (κ2) is 6.57. The Hall–Kier alpha value is -2.46. The molecule has 0 bridgehead atoms. The number of pyridine rings is 2. The number of benzene rings is 1. The van der Waals surface area contributed by atoms with Gasteiger partial charge in [0.15, 0.2) is 0 Å². The van der Waals surface area contributed by atoms with E-state index in [2.05, 4.69) is 20.9 Å². The topological polar surface area (TPSA) is 49.3 Å². The van der Waals surface area contributed by atoms with Gasteiger partial charge in [0.05, 0.1) is 6.04 Å². The molecule has 1 N–H and O–H groups in total. The Morgan fingerprint density at radius 1 is 0.917 bits per heavy atom. The van der Waals surface area contributed by atoms with Gasteiger partial charge in [-0.2, -0.15) is 0 Å². The number of hydrogen-bond donors (Lipinski definition) is 1. The zero-order valence-electron chi connectivity index (χ0n) is 13.6. The molecule has 1 aliphatic rings. The molecule has 2 aromatic heterocycles. The van der Waals surface area contributed by atoms with Crippen LogP contribution in [0.1, 0.15) is 36.4 Å². The van der Waals surface area contributed by atoms with Crippen molar-refractivity contribution in [1.82, 2.24) is 14.9 Å².